The van der Waals surface area contributed by atoms with E-state index in [-0.39, 0.29) is 50.7 Å². The molecule has 0 aromatic heterocycles. The van der Waals surface area contributed by atoms with Crippen molar-refractivity contribution >= 4 is 21.8 Å². The minimum Gasteiger partial charge on any atom is -0.480 e. The Balaban J connectivity index is 2.00. The van der Waals surface area contributed by atoms with E-state index < -0.39 is 27.4 Å². The summed E-state index contributed by atoms with van der Waals surface area (Å²) in [4.78, 5) is 24.9. The summed E-state index contributed by atoms with van der Waals surface area (Å²) < 4.78 is 27.7. The smallest absolute Gasteiger partial charge is 0.329 e. The number of hydrogen-bond acceptors (Lipinski definition) is 5. The maximum absolute atomic E-state index is 12.1. The molecule has 2 saturated heterocycles. The Morgan fingerprint density at radius 2 is 1.70 bits per heavy atom. The van der Waals surface area contributed by atoms with Crippen LogP contribution in [0.2, 0.25) is 0 Å². The molecule has 0 unspecified atom stereocenters. The molecule has 0 aromatic rings. The van der Waals surface area contributed by atoms with Gasteiger partial charge in [-0.05, 0) is 0 Å². The number of sulfone groups is 1. The number of carbonyl (C=O) groups is 2. The number of aliphatic carboxylic acids is 1. The van der Waals surface area contributed by atoms with E-state index >= 15 is 0 Å². The lowest BCUT2D eigenvalue weighted by Gasteiger charge is -2.36. The predicted octanol–water partition coefficient (Wildman–Crippen LogP) is -0.940. The molecule has 2 aliphatic heterocycles. The lowest BCUT2D eigenvalue weighted by molar-refractivity contribution is -0.148. The zero-order chi connectivity index (χ0) is 14.8. The maximum atomic E-state index is 12.1. The number of hydrogen-bond donors (Lipinski definition) is 2. The monoisotopic (exact) mass is 306 g/mol. The average molecular weight is 306 g/mol. The van der Waals surface area contributed by atoms with Gasteiger partial charge in [0, 0.05) is 39.1 Å². The molecule has 2 rings (SSSR count). The molecule has 0 spiro atoms. The van der Waals surface area contributed by atoms with Crippen molar-refractivity contribution in [1.29, 1.82) is 0 Å². The summed E-state index contributed by atoms with van der Waals surface area (Å²) in [6.45, 7) is 0.753. The first kappa shape index (κ1) is 15.0. The minimum absolute atomic E-state index is 0.0798. The van der Waals surface area contributed by atoms with Gasteiger partial charge in [0.2, 0.25) is 0 Å². The molecule has 0 aromatic carbocycles. The molecule has 20 heavy (non-hydrogen) atoms. The number of rotatable bonds is 2. The molecule has 9 heteroatoms. The number of nitrogens with one attached hydrogen (secondary N) is 1. The van der Waals surface area contributed by atoms with Crippen LogP contribution in [-0.4, -0.2) is 73.8 Å². The van der Waals surface area contributed by atoms with Crippen molar-refractivity contribution in [2.45, 2.75) is 18.4 Å². The molecule has 0 aliphatic carbocycles. The standard InChI is InChI=1S/C11H18N2O6S/c14-9(15)11(1-5-19-6-2-11)12-10(16)13-3-7-20(17,18)8-4-13/h1-8H2,(H,12,16)(H,14,15). The Bertz CT molecular complexity index is 483. The lowest BCUT2D eigenvalue weighted by Crippen LogP contribution is -2.61. The van der Waals surface area contributed by atoms with E-state index in [1.807, 2.05) is 0 Å². The molecular weight excluding hydrogens is 288 g/mol. The third-order valence-corrected chi connectivity index (χ3v) is 5.34. The van der Waals surface area contributed by atoms with Crippen LogP contribution in [0.15, 0.2) is 0 Å². The van der Waals surface area contributed by atoms with Crippen LogP contribution in [0, 0.1) is 0 Å². The lowest BCUT2D eigenvalue weighted by atomic mass is 9.90. The highest BCUT2D eigenvalue weighted by Crippen LogP contribution is 2.21. The van der Waals surface area contributed by atoms with Crippen molar-refractivity contribution in [1.82, 2.24) is 10.2 Å². The maximum Gasteiger partial charge on any atom is 0.329 e. The number of amides is 2. The molecule has 2 fully saturated rings. The summed E-state index contributed by atoms with van der Waals surface area (Å²) in [6.07, 6.45) is 0.417. The van der Waals surface area contributed by atoms with Crippen molar-refractivity contribution in [2.24, 2.45) is 0 Å². The fourth-order valence-electron chi connectivity index (χ4n) is 2.31. The van der Waals surface area contributed by atoms with Crippen molar-refractivity contribution in [3.05, 3.63) is 0 Å². The first-order valence-corrected chi connectivity index (χ1v) is 8.25. The van der Waals surface area contributed by atoms with E-state index in [1.54, 1.807) is 0 Å². The highest BCUT2D eigenvalue weighted by atomic mass is 32.2. The normalized spacial score (nSPS) is 24.9. The number of carbonyl (C=O) groups excluding carboxylic acids is 1. The van der Waals surface area contributed by atoms with E-state index in [9.17, 15) is 23.1 Å². The van der Waals surface area contributed by atoms with E-state index in [0.717, 1.165) is 0 Å². The van der Waals surface area contributed by atoms with Crippen molar-refractivity contribution in [3.63, 3.8) is 0 Å². The fraction of sp³-hybridized carbons (Fsp3) is 0.818. The molecule has 0 saturated carbocycles. The van der Waals surface area contributed by atoms with Crippen molar-refractivity contribution in [2.75, 3.05) is 37.8 Å². The van der Waals surface area contributed by atoms with Crippen molar-refractivity contribution < 1.29 is 27.9 Å². The third-order valence-electron chi connectivity index (χ3n) is 3.73. The summed E-state index contributed by atoms with van der Waals surface area (Å²) in [5.41, 5.74) is -1.31. The van der Waals surface area contributed by atoms with E-state index in [4.69, 9.17) is 4.74 Å². The van der Waals surface area contributed by atoms with Gasteiger partial charge in [-0.25, -0.2) is 18.0 Å². The third kappa shape index (κ3) is 3.21. The van der Waals surface area contributed by atoms with Gasteiger partial charge in [-0.3, -0.25) is 0 Å². The minimum atomic E-state index is -3.07. The van der Waals surface area contributed by atoms with E-state index in [1.165, 1.54) is 4.90 Å². The fourth-order valence-corrected chi connectivity index (χ4v) is 3.51. The van der Waals surface area contributed by atoms with Gasteiger partial charge in [0.1, 0.15) is 5.54 Å². The summed E-state index contributed by atoms with van der Waals surface area (Å²) >= 11 is 0. The van der Waals surface area contributed by atoms with E-state index in [2.05, 4.69) is 5.32 Å². The van der Waals surface area contributed by atoms with Crippen molar-refractivity contribution in [3.8, 4) is 0 Å². The molecule has 8 nitrogen and oxygen atoms in total. The molecule has 2 heterocycles. The van der Waals surface area contributed by atoms with Crippen LogP contribution in [0.5, 0.6) is 0 Å². The van der Waals surface area contributed by atoms with Crippen LogP contribution in [0.3, 0.4) is 0 Å². The van der Waals surface area contributed by atoms with E-state index in [0.29, 0.717) is 0 Å². The second-order valence-electron chi connectivity index (χ2n) is 5.07. The summed E-state index contributed by atoms with van der Waals surface area (Å²) in [7, 11) is -3.07. The predicted molar refractivity (Wildman–Crippen MR) is 69.2 cm³/mol. The Morgan fingerprint density at radius 1 is 1.15 bits per heavy atom. The van der Waals surface area contributed by atoms with Gasteiger partial charge in [0.25, 0.3) is 0 Å². The van der Waals surface area contributed by atoms with Gasteiger partial charge in [-0.1, -0.05) is 0 Å². The number of nitrogens with zero attached hydrogens (tertiary/aromatic N) is 1. The first-order valence-electron chi connectivity index (χ1n) is 6.43. The van der Waals surface area contributed by atoms with Crippen LogP contribution in [0.1, 0.15) is 12.8 Å². The number of carboxylic acid groups (broad SMARTS) is 1. The first-order chi connectivity index (χ1) is 9.35. The molecule has 0 radical (unpaired) electrons. The molecule has 0 bridgehead atoms. The SMILES string of the molecule is O=C(NC1(C(=O)O)CCOCC1)N1CCS(=O)(=O)CC1. The van der Waals surface area contributed by atoms with Gasteiger partial charge >= 0.3 is 12.0 Å². The number of carboxylic acids is 1. The Kier molecular flexibility index (Phi) is 4.19. The highest BCUT2D eigenvalue weighted by Gasteiger charge is 2.42. The Hall–Kier alpha value is -1.35. The van der Waals surface area contributed by atoms with Gasteiger partial charge in [-0.2, -0.15) is 0 Å². The molecule has 114 valence electrons. The topological polar surface area (TPSA) is 113 Å². The second kappa shape index (κ2) is 5.57. The molecule has 2 amide bonds. The van der Waals surface area contributed by atoms with Crippen LogP contribution in [0.25, 0.3) is 0 Å². The average Bonchev–Trinajstić information content (AvgIpc) is 2.39. The Labute approximate surface area is 117 Å². The highest BCUT2D eigenvalue weighted by molar-refractivity contribution is 7.91. The van der Waals surface area contributed by atoms with Crippen LogP contribution in [-0.2, 0) is 19.4 Å². The summed E-state index contributed by atoms with van der Waals surface area (Å²) in [5, 5.41) is 11.9. The van der Waals surface area contributed by atoms with Crippen LogP contribution >= 0.6 is 0 Å². The molecular formula is C11H18N2O6S. The molecule has 2 aliphatic rings. The van der Waals surface area contributed by atoms with Crippen LogP contribution in [0.4, 0.5) is 4.79 Å². The van der Waals surface area contributed by atoms with Crippen LogP contribution < -0.4 is 5.32 Å². The molecule has 0 atom stereocenters. The van der Waals surface area contributed by atoms with Gasteiger partial charge in [0.15, 0.2) is 9.84 Å². The zero-order valence-corrected chi connectivity index (χ0v) is 11.8. The summed E-state index contributed by atoms with van der Waals surface area (Å²) in [5.74, 6) is -1.24. The second-order valence-corrected chi connectivity index (χ2v) is 7.37. The van der Waals surface area contributed by atoms with Gasteiger partial charge in [0.05, 0.1) is 11.5 Å². The largest absolute Gasteiger partial charge is 0.480 e. The number of ether oxygens (including phenoxy) is 1. The quantitative estimate of drug-likeness (QED) is 0.681. The van der Waals surface area contributed by atoms with Gasteiger partial charge < -0.3 is 20.1 Å². The molecule has 2 N–H and O–H groups in total. The summed E-state index contributed by atoms with van der Waals surface area (Å²) in [6, 6.07) is -0.524. The zero-order valence-electron chi connectivity index (χ0n) is 11.0. The van der Waals surface area contributed by atoms with Gasteiger partial charge in [-0.15, -0.1) is 0 Å². The Morgan fingerprint density at radius 3 is 2.20 bits per heavy atom. The number of urea groups is 1.